The minimum Gasteiger partial charge on any atom is -0.448 e. The van der Waals surface area contributed by atoms with E-state index in [2.05, 4.69) is 5.32 Å². The lowest BCUT2D eigenvalue weighted by atomic mass is 10.0. The maximum atomic E-state index is 14.1. The number of fused-ring (bicyclic) bond motifs is 1. The number of ether oxygens (including phenoxy) is 1. The number of carbonyl (C=O) groups is 4. The van der Waals surface area contributed by atoms with E-state index in [9.17, 15) is 19.2 Å². The zero-order valence-electron chi connectivity index (χ0n) is 23.5. The fourth-order valence-corrected chi connectivity index (χ4v) is 7.55. The molecule has 0 radical (unpaired) electrons. The van der Waals surface area contributed by atoms with Gasteiger partial charge in [-0.25, -0.2) is 4.79 Å². The summed E-state index contributed by atoms with van der Waals surface area (Å²) in [5, 5.41) is 2.10. The van der Waals surface area contributed by atoms with Crippen molar-refractivity contribution in [3.63, 3.8) is 0 Å². The number of hydrogen-bond acceptors (Lipinski definition) is 7. The maximum Gasteiger partial charge on any atom is 0.356 e. The topological polar surface area (TPSA) is 92.8 Å². The highest BCUT2D eigenvalue weighted by Crippen LogP contribution is 2.45. The number of esters is 1. The quantitative estimate of drug-likeness (QED) is 0.188. The first-order chi connectivity index (χ1) is 21.5. The Kier molecular flexibility index (Phi) is 8.95. The first-order valence-corrected chi connectivity index (χ1v) is 16.0. The highest BCUT2D eigenvalue weighted by atomic mass is 32.2. The van der Waals surface area contributed by atoms with E-state index in [1.807, 2.05) is 97.1 Å². The van der Waals surface area contributed by atoms with E-state index in [1.54, 1.807) is 24.3 Å². The smallest absolute Gasteiger partial charge is 0.356 e. The fraction of sp³-hybridized carbons (Fsp3) is 0.143. The molecular weight excluding hydrogens is 593 g/mol. The molecular formula is C35H28N2O5S2. The molecule has 2 aliphatic heterocycles. The molecule has 2 amide bonds. The summed E-state index contributed by atoms with van der Waals surface area (Å²) in [6, 6.07) is 36.0. The molecule has 44 heavy (non-hydrogen) atoms. The molecule has 6 rings (SSSR count). The Morgan fingerprint density at radius 1 is 0.818 bits per heavy atom. The number of β-lactam (4-membered cyclic amide) rings is 1. The zero-order valence-corrected chi connectivity index (χ0v) is 25.1. The van der Waals surface area contributed by atoms with Crippen LogP contribution in [0, 0.1) is 0 Å². The molecule has 220 valence electrons. The van der Waals surface area contributed by atoms with Crippen molar-refractivity contribution in [1.29, 1.82) is 0 Å². The van der Waals surface area contributed by atoms with Crippen molar-refractivity contribution in [2.75, 3.05) is 5.75 Å². The second-order valence-electron chi connectivity index (χ2n) is 10.3. The van der Waals surface area contributed by atoms with Crippen molar-refractivity contribution in [3.05, 3.63) is 154 Å². The third kappa shape index (κ3) is 6.34. The van der Waals surface area contributed by atoms with Crippen LogP contribution in [0.3, 0.4) is 0 Å². The molecule has 0 saturated carbocycles. The van der Waals surface area contributed by atoms with E-state index in [-0.39, 0.29) is 23.1 Å². The minimum absolute atomic E-state index is 0.0402. The van der Waals surface area contributed by atoms with Gasteiger partial charge in [-0.3, -0.25) is 19.3 Å². The van der Waals surface area contributed by atoms with Crippen LogP contribution in [0.15, 0.2) is 132 Å². The Morgan fingerprint density at radius 2 is 1.36 bits per heavy atom. The average Bonchev–Trinajstić information content (AvgIpc) is 3.07. The third-order valence-corrected chi connectivity index (χ3v) is 9.77. The molecule has 7 nitrogen and oxygen atoms in total. The number of rotatable bonds is 9. The van der Waals surface area contributed by atoms with Crippen molar-refractivity contribution in [1.82, 2.24) is 10.2 Å². The van der Waals surface area contributed by atoms with Crippen molar-refractivity contribution >= 4 is 46.4 Å². The van der Waals surface area contributed by atoms with Crippen molar-refractivity contribution in [2.45, 2.75) is 23.9 Å². The molecule has 0 spiro atoms. The monoisotopic (exact) mass is 620 g/mol. The Hall–Kier alpha value is -4.60. The molecule has 9 heteroatoms. The van der Waals surface area contributed by atoms with Crippen LogP contribution < -0.4 is 5.32 Å². The molecule has 0 aromatic heterocycles. The lowest BCUT2D eigenvalue weighted by Crippen LogP contribution is -2.70. The summed E-state index contributed by atoms with van der Waals surface area (Å²) in [5.74, 6) is -1.11. The number of hydrogen-bond donors (Lipinski definition) is 1. The number of carbonyl (C=O) groups excluding carboxylic acids is 4. The number of benzene rings is 4. The van der Waals surface area contributed by atoms with Gasteiger partial charge in [-0.15, -0.1) is 11.8 Å². The second kappa shape index (κ2) is 13.4. The van der Waals surface area contributed by atoms with E-state index >= 15 is 0 Å². The van der Waals surface area contributed by atoms with Gasteiger partial charge in [0.05, 0.1) is 6.42 Å². The van der Waals surface area contributed by atoms with E-state index in [0.717, 1.165) is 28.5 Å². The Morgan fingerprint density at radius 3 is 1.95 bits per heavy atom. The minimum atomic E-state index is -0.797. The van der Waals surface area contributed by atoms with Gasteiger partial charge in [0.25, 0.3) is 5.91 Å². The molecule has 1 fully saturated rings. The third-order valence-electron chi connectivity index (χ3n) is 7.31. The highest BCUT2D eigenvalue weighted by Gasteiger charge is 2.55. The Bertz CT molecular complexity index is 1660. The van der Waals surface area contributed by atoms with E-state index in [1.165, 1.54) is 16.7 Å². The number of nitrogens with one attached hydrogen (secondary N) is 1. The van der Waals surface area contributed by atoms with Crippen LogP contribution in [0.1, 0.15) is 33.2 Å². The largest absolute Gasteiger partial charge is 0.448 e. The van der Waals surface area contributed by atoms with Gasteiger partial charge in [-0.2, -0.15) is 0 Å². The lowest BCUT2D eigenvalue weighted by molar-refractivity contribution is -0.154. The van der Waals surface area contributed by atoms with Gasteiger partial charge in [-0.05, 0) is 28.5 Å². The van der Waals surface area contributed by atoms with Gasteiger partial charge in [0.1, 0.15) is 17.1 Å². The Labute approximate surface area is 263 Å². The van der Waals surface area contributed by atoms with E-state index in [0.29, 0.717) is 16.2 Å². The lowest BCUT2D eigenvalue weighted by Gasteiger charge is -2.49. The van der Waals surface area contributed by atoms with Crippen molar-refractivity contribution in [3.8, 4) is 0 Å². The summed E-state index contributed by atoms with van der Waals surface area (Å²) in [6.07, 6.45) is -0.603. The first kappa shape index (κ1) is 29.5. The Balaban J connectivity index is 1.29. The van der Waals surface area contributed by atoms with Gasteiger partial charge in [0.15, 0.2) is 6.10 Å². The summed E-state index contributed by atoms with van der Waals surface area (Å²) in [4.78, 5) is 55.5. The van der Waals surface area contributed by atoms with Crippen LogP contribution in [0.4, 0.5) is 0 Å². The van der Waals surface area contributed by atoms with Crippen LogP contribution >= 0.6 is 23.5 Å². The first-order valence-electron chi connectivity index (χ1n) is 14.1. The summed E-state index contributed by atoms with van der Waals surface area (Å²) in [6.45, 7) is 0. The van der Waals surface area contributed by atoms with Crippen LogP contribution in [-0.2, 0) is 25.5 Å². The van der Waals surface area contributed by atoms with Crippen LogP contribution in [0.5, 0.6) is 0 Å². The predicted molar refractivity (Wildman–Crippen MR) is 171 cm³/mol. The van der Waals surface area contributed by atoms with Crippen LogP contribution in [0.25, 0.3) is 0 Å². The molecule has 2 atom stereocenters. The zero-order chi connectivity index (χ0) is 30.5. The molecule has 2 aliphatic rings. The molecule has 1 N–H and O–H groups in total. The molecule has 1 unspecified atom stereocenters. The number of thioether (sulfide) groups is 2. The second-order valence-corrected chi connectivity index (χ2v) is 12.4. The average molecular weight is 621 g/mol. The van der Waals surface area contributed by atoms with Crippen LogP contribution in [0.2, 0.25) is 0 Å². The molecule has 0 aliphatic carbocycles. The van der Waals surface area contributed by atoms with Gasteiger partial charge in [-0.1, -0.05) is 121 Å². The SMILES string of the molecule is O=C(Cc1ccccc1)NC1C(=O)N2C(C(=O)OC(c3ccccc3)c3ccccc3)=C(SC(=O)c3ccccc3)CS[C@@H]12. The molecule has 4 aromatic rings. The summed E-state index contributed by atoms with van der Waals surface area (Å²) in [5.41, 5.74) is 2.89. The van der Waals surface area contributed by atoms with Gasteiger partial charge < -0.3 is 10.1 Å². The van der Waals surface area contributed by atoms with Crippen molar-refractivity contribution < 1.29 is 23.9 Å². The van der Waals surface area contributed by atoms with Gasteiger partial charge >= 0.3 is 5.97 Å². The van der Waals surface area contributed by atoms with Gasteiger partial charge in [0, 0.05) is 16.2 Å². The normalized spacial score (nSPS) is 17.5. The molecule has 4 aromatic carbocycles. The molecule has 0 bridgehead atoms. The van der Waals surface area contributed by atoms with Crippen molar-refractivity contribution in [2.24, 2.45) is 0 Å². The predicted octanol–water partition coefficient (Wildman–Crippen LogP) is 5.75. The van der Waals surface area contributed by atoms with Gasteiger partial charge in [0.2, 0.25) is 11.0 Å². The maximum absolute atomic E-state index is 14.1. The number of nitrogens with zero attached hydrogens (tertiary/aromatic N) is 1. The molecule has 1 saturated heterocycles. The van der Waals surface area contributed by atoms with E-state index < -0.39 is 29.4 Å². The molecule has 2 heterocycles. The van der Waals surface area contributed by atoms with Crippen LogP contribution in [-0.4, -0.2) is 45.0 Å². The highest BCUT2D eigenvalue weighted by molar-refractivity contribution is 8.18. The van der Waals surface area contributed by atoms with E-state index in [4.69, 9.17) is 4.74 Å². The fourth-order valence-electron chi connectivity index (χ4n) is 5.16. The summed E-state index contributed by atoms with van der Waals surface area (Å²) >= 11 is 2.33. The number of amides is 2. The standard InChI is InChI=1S/C35H28N2O5S2/c38-28(21-23-13-5-1-6-14-23)36-29-32(39)37-30(27(22-43-33(29)37)44-35(41)26-19-11-4-12-20-26)34(40)42-31(24-15-7-2-8-16-24)25-17-9-3-10-18-25/h1-20,29,31,33H,21-22H2,(H,36,38)/t29?,33-/m0/s1. The summed E-state index contributed by atoms with van der Waals surface area (Å²) in [7, 11) is 0. The summed E-state index contributed by atoms with van der Waals surface area (Å²) < 4.78 is 6.16.